The van der Waals surface area contributed by atoms with Gasteiger partial charge in [-0.15, -0.1) is 0 Å². The monoisotopic (exact) mass is 220 g/mol. The molecule has 0 fully saturated rings. The first-order valence-corrected chi connectivity index (χ1v) is 3.94. The minimum absolute atomic E-state index is 0.000162. The molecule has 0 spiro atoms. The lowest BCUT2D eigenvalue weighted by molar-refractivity contribution is -0.385. The second-order valence-corrected chi connectivity index (χ2v) is 2.74. The van der Waals surface area contributed by atoms with Gasteiger partial charge >= 0.3 is 6.30 Å². The molecule has 1 rings (SSSR count). The van der Waals surface area contributed by atoms with Crippen LogP contribution in [0.3, 0.4) is 0 Å². The van der Waals surface area contributed by atoms with E-state index in [0.717, 1.165) is 6.07 Å². The number of halogens is 3. The Morgan fingerprint density at radius 3 is 2.47 bits per heavy atom. The number of nitro groups is 1. The van der Waals surface area contributed by atoms with Crippen molar-refractivity contribution in [2.45, 2.75) is 12.8 Å². The van der Waals surface area contributed by atoms with Crippen LogP contribution in [0, 0.1) is 10.1 Å². The summed E-state index contributed by atoms with van der Waals surface area (Å²) in [6.07, 6.45) is -4.54. The largest absolute Gasteiger partial charge is 0.457 e. The van der Waals surface area contributed by atoms with Crippen LogP contribution < -0.4 is 5.32 Å². The number of benzene rings is 1. The van der Waals surface area contributed by atoms with Crippen molar-refractivity contribution in [1.29, 1.82) is 0 Å². The van der Waals surface area contributed by atoms with Crippen molar-refractivity contribution >= 4 is 5.69 Å². The van der Waals surface area contributed by atoms with Crippen molar-refractivity contribution in [2.75, 3.05) is 0 Å². The fourth-order valence-corrected chi connectivity index (χ4v) is 1.03. The first-order valence-electron chi connectivity index (χ1n) is 3.94. The molecule has 0 unspecified atom stereocenters. The molecule has 1 aromatic carbocycles. The lowest BCUT2D eigenvalue weighted by Gasteiger charge is -2.08. The lowest BCUT2D eigenvalue weighted by Crippen LogP contribution is -2.30. The summed E-state index contributed by atoms with van der Waals surface area (Å²) in [6, 6.07) is 5.28. The average Bonchev–Trinajstić information content (AvgIpc) is 2.14. The van der Waals surface area contributed by atoms with Crippen LogP contribution in [0.5, 0.6) is 0 Å². The molecular formula is C8H7F3N2O2. The molecule has 0 bridgehead atoms. The van der Waals surface area contributed by atoms with Gasteiger partial charge in [-0.2, -0.15) is 13.2 Å². The van der Waals surface area contributed by atoms with Gasteiger partial charge in [0.15, 0.2) is 0 Å². The van der Waals surface area contributed by atoms with E-state index in [2.05, 4.69) is 0 Å². The number of alkyl halides is 3. The second kappa shape index (κ2) is 4.26. The summed E-state index contributed by atoms with van der Waals surface area (Å²) in [6.45, 7) is -0.610. The topological polar surface area (TPSA) is 55.2 Å². The van der Waals surface area contributed by atoms with E-state index in [-0.39, 0.29) is 11.3 Å². The molecule has 7 heteroatoms. The third-order valence-corrected chi connectivity index (χ3v) is 1.67. The number of rotatable bonds is 3. The van der Waals surface area contributed by atoms with E-state index in [1.54, 1.807) is 0 Å². The molecule has 1 N–H and O–H groups in total. The minimum atomic E-state index is -4.54. The smallest absolute Gasteiger partial charge is 0.258 e. The minimum Gasteiger partial charge on any atom is -0.258 e. The number of nitro benzene ring substituents is 1. The van der Waals surface area contributed by atoms with Crippen molar-refractivity contribution in [3.05, 3.63) is 39.9 Å². The van der Waals surface area contributed by atoms with Crippen molar-refractivity contribution in [3.8, 4) is 0 Å². The van der Waals surface area contributed by atoms with E-state index in [1.807, 2.05) is 0 Å². The van der Waals surface area contributed by atoms with Gasteiger partial charge < -0.3 is 0 Å². The summed E-state index contributed by atoms with van der Waals surface area (Å²) in [5.41, 5.74) is -0.325. The maximum atomic E-state index is 11.8. The average molecular weight is 220 g/mol. The maximum absolute atomic E-state index is 11.8. The highest BCUT2D eigenvalue weighted by molar-refractivity contribution is 5.39. The zero-order valence-electron chi connectivity index (χ0n) is 7.41. The van der Waals surface area contributed by atoms with Gasteiger partial charge in [-0.25, -0.2) is 5.32 Å². The Labute approximate surface area is 82.9 Å². The Kier molecular flexibility index (Phi) is 3.25. The van der Waals surface area contributed by atoms with Crippen LogP contribution in [0.15, 0.2) is 24.3 Å². The Morgan fingerprint density at radius 2 is 1.93 bits per heavy atom. The van der Waals surface area contributed by atoms with E-state index >= 15 is 0 Å². The molecule has 0 aliphatic heterocycles. The second-order valence-electron chi connectivity index (χ2n) is 2.74. The molecule has 4 nitrogen and oxygen atoms in total. The van der Waals surface area contributed by atoms with Crippen LogP contribution in [-0.4, -0.2) is 11.2 Å². The van der Waals surface area contributed by atoms with Crippen LogP contribution in [0.25, 0.3) is 0 Å². The molecule has 1 aromatic rings. The summed E-state index contributed by atoms with van der Waals surface area (Å²) < 4.78 is 35.4. The van der Waals surface area contributed by atoms with Crippen LogP contribution in [0.2, 0.25) is 0 Å². The Balaban J connectivity index is 2.81. The van der Waals surface area contributed by atoms with E-state index < -0.39 is 17.8 Å². The van der Waals surface area contributed by atoms with Crippen LogP contribution >= 0.6 is 0 Å². The molecule has 0 aliphatic carbocycles. The summed E-state index contributed by atoms with van der Waals surface area (Å²) >= 11 is 0. The molecule has 15 heavy (non-hydrogen) atoms. The Hall–Kier alpha value is -1.63. The van der Waals surface area contributed by atoms with Gasteiger partial charge in [0.1, 0.15) is 0 Å². The highest BCUT2D eigenvalue weighted by atomic mass is 19.4. The van der Waals surface area contributed by atoms with E-state index in [1.165, 1.54) is 23.5 Å². The number of nitrogens with one attached hydrogen (secondary N) is 1. The molecule has 0 saturated carbocycles. The molecule has 0 saturated heterocycles. The van der Waals surface area contributed by atoms with Crippen LogP contribution in [-0.2, 0) is 6.54 Å². The normalized spacial score (nSPS) is 11.4. The van der Waals surface area contributed by atoms with Gasteiger partial charge in [0, 0.05) is 18.2 Å². The van der Waals surface area contributed by atoms with Crippen molar-refractivity contribution in [3.63, 3.8) is 0 Å². The van der Waals surface area contributed by atoms with Gasteiger partial charge in [0.05, 0.1) is 4.92 Å². The zero-order chi connectivity index (χ0) is 11.5. The van der Waals surface area contributed by atoms with Crippen molar-refractivity contribution in [1.82, 2.24) is 5.32 Å². The molecule has 0 radical (unpaired) electrons. The third-order valence-electron chi connectivity index (χ3n) is 1.67. The summed E-state index contributed by atoms with van der Waals surface area (Å²) in [5.74, 6) is 0. The Morgan fingerprint density at radius 1 is 1.33 bits per heavy atom. The standard InChI is InChI=1S/C8H7F3N2O2/c9-8(10,11)12-5-6-3-1-2-4-7(6)13(14)15/h1-4,12H,5H2. The molecule has 0 aliphatic rings. The number of para-hydroxylation sites is 1. The molecule has 0 amide bonds. The maximum Gasteiger partial charge on any atom is 0.457 e. The molecule has 82 valence electrons. The number of nitrogens with zero attached hydrogens (tertiary/aromatic N) is 1. The first kappa shape index (κ1) is 11.4. The summed E-state index contributed by atoms with van der Waals surface area (Å²) in [5, 5.41) is 11.7. The molecule has 0 atom stereocenters. The van der Waals surface area contributed by atoms with Crippen molar-refractivity contribution in [2.24, 2.45) is 0 Å². The third kappa shape index (κ3) is 3.55. The summed E-state index contributed by atoms with van der Waals surface area (Å²) in [4.78, 5) is 9.73. The molecule has 0 heterocycles. The SMILES string of the molecule is O=[N+]([O-])c1ccccc1CNC(F)(F)F. The summed E-state index contributed by atoms with van der Waals surface area (Å²) in [7, 11) is 0. The van der Waals surface area contributed by atoms with Gasteiger partial charge in [0.2, 0.25) is 0 Å². The molecule has 0 aromatic heterocycles. The quantitative estimate of drug-likeness (QED) is 0.482. The van der Waals surface area contributed by atoms with E-state index in [4.69, 9.17) is 0 Å². The van der Waals surface area contributed by atoms with Gasteiger partial charge in [0.25, 0.3) is 5.69 Å². The van der Waals surface area contributed by atoms with Gasteiger partial charge in [-0.05, 0) is 0 Å². The van der Waals surface area contributed by atoms with Crippen LogP contribution in [0.4, 0.5) is 18.9 Å². The Bertz CT molecular complexity index is 365. The van der Waals surface area contributed by atoms with E-state index in [9.17, 15) is 23.3 Å². The number of hydrogen-bond acceptors (Lipinski definition) is 3. The van der Waals surface area contributed by atoms with Crippen LogP contribution in [0.1, 0.15) is 5.56 Å². The fourth-order valence-electron chi connectivity index (χ4n) is 1.03. The van der Waals surface area contributed by atoms with Gasteiger partial charge in [-0.1, -0.05) is 18.2 Å². The highest BCUT2D eigenvalue weighted by Crippen LogP contribution is 2.19. The van der Waals surface area contributed by atoms with Crippen molar-refractivity contribution < 1.29 is 18.1 Å². The van der Waals surface area contributed by atoms with E-state index in [0.29, 0.717) is 0 Å². The predicted molar refractivity (Wildman–Crippen MR) is 46.0 cm³/mol. The molecular weight excluding hydrogens is 213 g/mol. The highest BCUT2D eigenvalue weighted by Gasteiger charge is 2.27. The first-order chi connectivity index (χ1) is 6.90. The zero-order valence-corrected chi connectivity index (χ0v) is 7.41. The number of hydrogen-bond donors (Lipinski definition) is 1. The van der Waals surface area contributed by atoms with Gasteiger partial charge in [-0.3, -0.25) is 10.1 Å². The predicted octanol–water partition coefficient (Wildman–Crippen LogP) is 2.20. The lowest BCUT2D eigenvalue weighted by atomic mass is 10.2. The fraction of sp³-hybridized carbons (Fsp3) is 0.250.